The Morgan fingerprint density at radius 3 is 2.25 bits per heavy atom. The molecule has 0 aliphatic rings. The van der Waals surface area contributed by atoms with Crippen molar-refractivity contribution in [1.29, 1.82) is 0 Å². The van der Waals surface area contributed by atoms with Crippen LogP contribution in [0.5, 0.6) is 0 Å². The molecule has 1 heterocycles. The number of aromatic nitrogens is 2. The van der Waals surface area contributed by atoms with Gasteiger partial charge in [0.05, 0.1) is 11.4 Å². The molecule has 0 aliphatic carbocycles. The molecule has 0 saturated heterocycles. The molecule has 0 unspecified atom stereocenters. The number of aryl methyl sites for hydroxylation is 2. The maximum atomic E-state index is 4.44. The molecule has 0 radical (unpaired) electrons. The van der Waals surface area contributed by atoms with Crippen LogP contribution in [-0.4, -0.2) is 9.97 Å². The van der Waals surface area contributed by atoms with E-state index in [1.807, 2.05) is 19.3 Å². The van der Waals surface area contributed by atoms with E-state index in [0.717, 1.165) is 30.8 Å². The summed E-state index contributed by atoms with van der Waals surface area (Å²) in [6, 6.07) is 21.6. The van der Waals surface area contributed by atoms with E-state index in [1.165, 1.54) is 11.1 Å². The summed E-state index contributed by atoms with van der Waals surface area (Å²) in [6.45, 7) is 2.68. The molecule has 0 fully saturated rings. The molecule has 2 aromatic carbocycles. The fourth-order valence-electron chi connectivity index (χ4n) is 2.77. The van der Waals surface area contributed by atoms with Gasteiger partial charge in [-0.25, -0.2) is 0 Å². The quantitative estimate of drug-likeness (QED) is 0.708. The van der Waals surface area contributed by atoms with E-state index in [9.17, 15) is 0 Å². The predicted octanol–water partition coefficient (Wildman–Crippen LogP) is 4.25. The van der Waals surface area contributed by atoms with Gasteiger partial charge in [0.1, 0.15) is 0 Å². The van der Waals surface area contributed by atoms with Crippen LogP contribution in [-0.2, 0) is 13.0 Å². The Morgan fingerprint density at radius 1 is 0.875 bits per heavy atom. The average molecular weight is 317 g/mol. The van der Waals surface area contributed by atoms with Gasteiger partial charge in [0.15, 0.2) is 0 Å². The van der Waals surface area contributed by atoms with Crippen molar-refractivity contribution in [3.05, 3.63) is 95.6 Å². The Balaban J connectivity index is 1.66. The van der Waals surface area contributed by atoms with Gasteiger partial charge < -0.3 is 5.32 Å². The molecule has 24 heavy (non-hydrogen) atoms. The Labute approximate surface area is 143 Å². The van der Waals surface area contributed by atoms with Crippen molar-refractivity contribution in [2.24, 2.45) is 0 Å². The average Bonchev–Trinajstić information content (AvgIpc) is 2.65. The van der Waals surface area contributed by atoms with Crippen molar-refractivity contribution in [1.82, 2.24) is 15.3 Å². The highest BCUT2D eigenvalue weighted by molar-refractivity contribution is 5.21. The zero-order valence-electron chi connectivity index (χ0n) is 14.0. The van der Waals surface area contributed by atoms with Crippen LogP contribution in [0.4, 0.5) is 0 Å². The van der Waals surface area contributed by atoms with Gasteiger partial charge in [-0.15, -0.1) is 0 Å². The van der Waals surface area contributed by atoms with Crippen molar-refractivity contribution < 1.29 is 0 Å². The molecule has 1 atom stereocenters. The van der Waals surface area contributed by atoms with Crippen molar-refractivity contribution >= 4 is 0 Å². The van der Waals surface area contributed by atoms with E-state index < -0.39 is 0 Å². The van der Waals surface area contributed by atoms with Crippen LogP contribution < -0.4 is 5.32 Å². The van der Waals surface area contributed by atoms with Gasteiger partial charge in [0.25, 0.3) is 0 Å². The summed E-state index contributed by atoms with van der Waals surface area (Å²) in [4.78, 5) is 8.76. The smallest absolute Gasteiger partial charge is 0.0724 e. The molecule has 3 rings (SSSR count). The van der Waals surface area contributed by atoms with Gasteiger partial charge >= 0.3 is 0 Å². The second-order valence-corrected chi connectivity index (χ2v) is 6.02. The zero-order chi connectivity index (χ0) is 16.6. The van der Waals surface area contributed by atoms with Gasteiger partial charge in [-0.1, -0.05) is 60.7 Å². The summed E-state index contributed by atoms with van der Waals surface area (Å²) < 4.78 is 0. The van der Waals surface area contributed by atoms with Crippen LogP contribution in [0.3, 0.4) is 0 Å². The summed E-state index contributed by atoms with van der Waals surface area (Å²) in [5, 5.41) is 3.64. The highest BCUT2D eigenvalue weighted by Crippen LogP contribution is 2.19. The molecule has 0 bridgehead atoms. The van der Waals surface area contributed by atoms with Crippen LogP contribution in [0.1, 0.15) is 35.0 Å². The largest absolute Gasteiger partial charge is 0.304 e. The first-order valence-corrected chi connectivity index (χ1v) is 8.41. The minimum atomic E-state index is 0.300. The first kappa shape index (κ1) is 16.3. The van der Waals surface area contributed by atoms with Crippen LogP contribution in [0.15, 0.2) is 73.1 Å². The maximum absolute atomic E-state index is 4.44. The lowest BCUT2D eigenvalue weighted by atomic mass is 9.99. The molecule has 0 aliphatic heterocycles. The fraction of sp³-hybridized carbons (Fsp3) is 0.238. The van der Waals surface area contributed by atoms with Crippen LogP contribution in [0.2, 0.25) is 0 Å². The first-order chi connectivity index (χ1) is 11.8. The topological polar surface area (TPSA) is 37.8 Å². The van der Waals surface area contributed by atoms with Gasteiger partial charge in [0.2, 0.25) is 0 Å². The van der Waals surface area contributed by atoms with E-state index in [1.54, 1.807) is 0 Å². The molecule has 0 saturated carbocycles. The van der Waals surface area contributed by atoms with E-state index >= 15 is 0 Å². The zero-order valence-corrected chi connectivity index (χ0v) is 14.0. The molecule has 1 aromatic heterocycles. The second-order valence-electron chi connectivity index (χ2n) is 6.02. The number of nitrogens with one attached hydrogen (secondary N) is 1. The van der Waals surface area contributed by atoms with Gasteiger partial charge in [-0.05, 0) is 30.9 Å². The summed E-state index contributed by atoms with van der Waals surface area (Å²) in [5.41, 5.74) is 4.60. The van der Waals surface area contributed by atoms with E-state index in [0.29, 0.717) is 6.04 Å². The number of benzene rings is 2. The first-order valence-electron chi connectivity index (χ1n) is 8.41. The molecular weight excluding hydrogens is 294 g/mol. The highest BCUT2D eigenvalue weighted by Gasteiger charge is 2.11. The molecule has 0 amide bonds. The van der Waals surface area contributed by atoms with Gasteiger partial charge in [0, 0.05) is 25.0 Å². The summed E-state index contributed by atoms with van der Waals surface area (Å²) in [6.07, 6.45) is 5.76. The van der Waals surface area contributed by atoms with Crippen LogP contribution >= 0.6 is 0 Å². The van der Waals surface area contributed by atoms with Crippen LogP contribution in [0, 0.1) is 6.92 Å². The molecular formula is C21H23N3. The fourth-order valence-corrected chi connectivity index (χ4v) is 2.77. The Bertz CT molecular complexity index is 724. The molecule has 3 heteroatoms. The monoisotopic (exact) mass is 317 g/mol. The lowest BCUT2D eigenvalue weighted by Gasteiger charge is -2.19. The lowest BCUT2D eigenvalue weighted by Crippen LogP contribution is -2.22. The summed E-state index contributed by atoms with van der Waals surface area (Å²) >= 11 is 0. The number of hydrogen-bond donors (Lipinski definition) is 1. The number of hydrogen-bond acceptors (Lipinski definition) is 3. The van der Waals surface area contributed by atoms with Crippen molar-refractivity contribution in [2.45, 2.75) is 32.4 Å². The highest BCUT2D eigenvalue weighted by atomic mass is 14.9. The minimum Gasteiger partial charge on any atom is -0.304 e. The molecule has 0 spiro atoms. The summed E-state index contributed by atoms with van der Waals surface area (Å²) in [7, 11) is 0. The predicted molar refractivity (Wildman–Crippen MR) is 97.6 cm³/mol. The number of nitrogens with zero attached hydrogens (tertiary/aromatic N) is 2. The Hall–Kier alpha value is -2.52. The SMILES string of the molecule is Cc1cnc(CN[C@H](CCc2ccccc2)c2ccccc2)cn1. The maximum Gasteiger partial charge on any atom is 0.0724 e. The molecule has 3 aromatic rings. The van der Waals surface area contributed by atoms with E-state index in [-0.39, 0.29) is 0 Å². The van der Waals surface area contributed by atoms with E-state index in [4.69, 9.17) is 0 Å². The van der Waals surface area contributed by atoms with Crippen molar-refractivity contribution in [2.75, 3.05) is 0 Å². The molecule has 1 N–H and O–H groups in total. The Kier molecular flexibility index (Phi) is 5.70. The normalized spacial score (nSPS) is 12.0. The lowest BCUT2D eigenvalue weighted by molar-refractivity contribution is 0.494. The third kappa shape index (κ3) is 4.74. The standard InChI is InChI=1S/C21H23N3/c1-17-14-23-20(15-22-17)16-24-21(19-10-6-3-7-11-19)13-12-18-8-4-2-5-9-18/h2-11,14-15,21,24H,12-13,16H2,1H3/t21-/m1/s1. The third-order valence-electron chi connectivity index (χ3n) is 4.13. The minimum absolute atomic E-state index is 0.300. The number of rotatable bonds is 7. The van der Waals surface area contributed by atoms with Gasteiger partial charge in [-0.2, -0.15) is 0 Å². The van der Waals surface area contributed by atoms with E-state index in [2.05, 4.69) is 75.9 Å². The van der Waals surface area contributed by atoms with Crippen molar-refractivity contribution in [3.63, 3.8) is 0 Å². The molecule has 122 valence electrons. The summed E-state index contributed by atoms with van der Waals surface area (Å²) in [5.74, 6) is 0. The van der Waals surface area contributed by atoms with Crippen LogP contribution in [0.25, 0.3) is 0 Å². The second kappa shape index (κ2) is 8.37. The van der Waals surface area contributed by atoms with Crippen molar-refractivity contribution in [3.8, 4) is 0 Å². The van der Waals surface area contributed by atoms with Gasteiger partial charge in [-0.3, -0.25) is 9.97 Å². The Morgan fingerprint density at radius 2 is 1.58 bits per heavy atom. The third-order valence-corrected chi connectivity index (χ3v) is 4.13. The molecule has 3 nitrogen and oxygen atoms in total.